The van der Waals surface area contributed by atoms with Crippen molar-refractivity contribution >= 4 is 17.6 Å². The third-order valence-electron chi connectivity index (χ3n) is 6.32. The number of ketones is 1. The Kier molecular flexibility index (Phi) is 12.2. The Hall–Kier alpha value is -4.12. The van der Waals surface area contributed by atoms with Crippen molar-refractivity contribution in [2.45, 2.75) is 37.8 Å². The lowest BCUT2D eigenvalue weighted by atomic mass is 9.97. The van der Waals surface area contributed by atoms with Crippen molar-refractivity contribution < 1.29 is 19.1 Å². The summed E-state index contributed by atoms with van der Waals surface area (Å²) in [6.45, 7) is 1.21. The van der Waals surface area contributed by atoms with Gasteiger partial charge in [0.1, 0.15) is 11.5 Å². The molecule has 2 atom stereocenters. The van der Waals surface area contributed by atoms with E-state index in [1.807, 2.05) is 42.5 Å². The molecule has 0 aliphatic rings. The normalized spacial score (nSPS) is 12.3. The number of hydrogen-bond acceptors (Lipinski definition) is 8. The number of nitrogens with zero attached hydrogens (tertiary/aromatic N) is 2. The first-order chi connectivity index (χ1) is 19.4. The zero-order chi connectivity index (χ0) is 28.7. The van der Waals surface area contributed by atoms with Crippen LogP contribution in [0.4, 0.5) is 0 Å². The monoisotopic (exact) mass is 546 g/mol. The van der Waals surface area contributed by atoms with Crippen molar-refractivity contribution in [3.8, 4) is 11.5 Å². The van der Waals surface area contributed by atoms with E-state index in [-0.39, 0.29) is 37.6 Å². The summed E-state index contributed by atoms with van der Waals surface area (Å²) in [5.41, 5.74) is 19.1. The highest BCUT2D eigenvalue weighted by atomic mass is 16.5. The van der Waals surface area contributed by atoms with Gasteiger partial charge in [0.2, 0.25) is 11.8 Å². The standard InChI is InChI=1S/C30H38N6O4/c31-14-17-36(18-15-32)29(38)20-26(33)30(39)35-27(13-10-22-5-2-1-3-6-22)28(37)19-23-8-11-24(12-9-23)40-25-7-4-16-34-21-25/h1-9,11-12,16,21,26-27H,10,13-15,17-20,31-33H2,(H,35,39)/t26-,27-/m0/s1. The van der Waals surface area contributed by atoms with E-state index >= 15 is 0 Å². The number of ether oxygens (including phenoxy) is 1. The molecule has 0 radical (unpaired) electrons. The molecule has 10 heteroatoms. The second-order valence-corrected chi connectivity index (χ2v) is 9.43. The molecule has 40 heavy (non-hydrogen) atoms. The van der Waals surface area contributed by atoms with Gasteiger partial charge in [0, 0.05) is 38.8 Å². The minimum absolute atomic E-state index is 0.113. The molecular weight excluding hydrogens is 508 g/mol. The fourth-order valence-corrected chi connectivity index (χ4v) is 4.17. The molecular formula is C30H38N6O4. The quantitative estimate of drug-likeness (QED) is 0.210. The second-order valence-electron chi connectivity index (χ2n) is 9.43. The molecule has 0 saturated carbocycles. The van der Waals surface area contributed by atoms with Gasteiger partial charge in [-0.05, 0) is 48.2 Å². The molecule has 3 aromatic rings. The zero-order valence-electron chi connectivity index (χ0n) is 22.6. The summed E-state index contributed by atoms with van der Waals surface area (Å²) in [6.07, 6.45) is 4.17. The van der Waals surface area contributed by atoms with Gasteiger partial charge in [-0.2, -0.15) is 0 Å². The molecule has 1 heterocycles. The van der Waals surface area contributed by atoms with E-state index < -0.39 is 18.0 Å². The maximum Gasteiger partial charge on any atom is 0.238 e. The summed E-state index contributed by atoms with van der Waals surface area (Å²) in [5.74, 6) is 0.211. The Morgan fingerprint density at radius 3 is 2.20 bits per heavy atom. The number of pyridine rings is 1. The Balaban J connectivity index is 1.65. The fourth-order valence-electron chi connectivity index (χ4n) is 4.17. The first-order valence-electron chi connectivity index (χ1n) is 13.4. The number of aryl methyl sites for hydroxylation is 1. The van der Waals surface area contributed by atoms with Crippen LogP contribution in [0.15, 0.2) is 79.1 Å². The summed E-state index contributed by atoms with van der Waals surface area (Å²) >= 11 is 0. The highest BCUT2D eigenvalue weighted by molar-refractivity contribution is 5.93. The van der Waals surface area contributed by atoms with E-state index in [1.165, 1.54) is 4.90 Å². The Bertz CT molecular complexity index is 1200. The van der Waals surface area contributed by atoms with Gasteiger partial charge in [0.25, 0.3) is 0 Å². The van der Waals surface area contributed by atoms with Crippen LogP contribution in [0.3, 0.4) is 0 Å². The predicted octanol–water partition coefficient (Wildman–Crippen LogP) is 1.57. The lowest BCUT2D eigenvalue weighted by Gasteiger charge is -2.24. The molecule has 0 spiro atoms. The Labute approximate surface area is 234 Å². The van der Waals surface area contributed by atoms with Crippen LogP contribution >= 0.6 is 0 Å². The van der Waals surface area contributed by atoms with Crippen LogP contribution in [0.25, 0.3) is 0 Å². The third kappa shape index (κ3) is 9.88. The van der Waals surface area contributed by atoms with Crippen LogP contribution in [0.5, 0.6) is 11.5 Å². The largest absolute Gasteiger partial charge is 0.456 e. The van der Waals surface area contributed by atoms with Crippen LogP contribution < -0.4 is 27.3 Å². The molecule has 0 bridgehead atoms. The topological polar surface area (TPSA) is 167 Å². The van der Waals surface area contributed by atoms with E-state index in [4.69, 9.17) is 21.9 Å². The molecule has 0 aliphatic carbocycles. The molecule has 1 aromatic heterocycles. The van der Waals surface area contributed by atoms with Gasteiger partial charge >= 0.3 is 0 Å². The van der Waals surface area contributed by atoms with Crippen LogP contribution in [-0.4, -0.2) is 65.7 Å². The smallest absolute Gasteiger partial charge is 0.238 e. The van der Waals surface area contributed by atoms with E-state index in [0.717, 1.165) is 11.1 Å². The summed E-state index contributed by atoms with van der Waals surface area (Å²) in [7, 11) is 0. The van der Waals surface area contributed by atoms with Crippen molar-refractivity contribution in [3.63, 3.8) is 0 Å². The maximum absolute atomic E-state index is 13.4. The number of benzene rings is 2. The van der Waals surface area contributed by atoms with Crippen molar-refractivity contribution in [3.05, 3.63) is 90.3 Å². The van der Waals surface area contributed by atoms with Gasteiger partial charge < -0.3 is 32.2 Å². The van der Waals surface area contributed by atoms with E-state index in [1.54, 1.807) is 36.7 Å². The summed E-state index contributed by atoms with van der Waals surface area (Å²) < 4.78 is 5.77. The van der Waals surface area contributed by atoms with E-state index in [9.17, 15) is 14.4 Å². The number of nitrogens with one attached hydrogen (secondary N) is 1. The molecule has 0 fully saturated rings. The number of amides is 2. The molecule has 212 valence electrons. The van der Waals surface area contributed by atoms with Crippen LogP contribution in [0, 0.1) is 0 Å². The molecule has 0 saturated heterocycles. The number of carbonyl (C=O) groups excluding carboxylic acids is 3. The number of carbonyl (C=O) groups is 3. The minimum Gasteiger partial charge on any atom is -0.456 e. The average Bonchev–Trinajstić information content (AvgIpc) is 2.97. The minimum atomic E-state index is -1.11. The molecule has 2 aromatic carbocycles. The second kappa shape index (κ2) is 16.1. The first kappa shape index (κ1) is 30.4. The van der Waals surface area contributed by atoms with Gasteiger partial charge in [-0.25, -0.2) is 0 Å². The maximum atomic E-state index is 13.4. The van der Waals surface area contributed by atoms with Gasteiger partial charge in [-0.15, -0.1) is 0 Å². The van der Waals surface area contributed by atoms with Gasteiger partial charge in [0.15, 0.2) is 5.78 Å². The Morgan fingerprint density at radius 1 is 0.875 bits per heavy atom. The number of hydrogen-bond donors (Lipinski definition) is 4. The highest BCUT2D eigenvalue weighted by Crippen LogP contribution is 2.21. The lowest BCUT2D eigenvalue weighted by molar-refractivity contribution is -0.134. The van der Waals surface area contributed by atoms with Gasteiger partial charge in [0.05, 0.1) is 24.7 Å². The summed E-state index contributed by atoms with van der Waals surface area (Å²) in [6, 6.07) is 18.6. The van der Waals surface area contributed by atoms with Crippen LogP contribution in [0.2, 0.25) is 0 Å². The number of rotatable bonds is 16. The van der Waals surface area contributed by atoms with Crippen molar-refractivity contribution in [1.82, 2.24) is 15.2 Å². The van der Waals surface area contributed by atoms with Crippen molar-refractivity contribution in [1.29, 1.82) is 0 Å². The van der Waals surface area contributed by atoms with E-state index in [2.05, 4.69) is 10.3 Å². The Morgan fingerprint density at radius 2 is 1.57 bits per heavy atom. The molecule has 3 rings (SSSR count). The van der Waals surface area contributed by atoms with Gasteiger partial charge in [-0.3, -0.25) is 19.4 Å². The first-order valence-corrected chi connectivity index (χ1v) is 13.4. The number of Topliss-reactive ketones (excluding diaryl/α,β-unsaturated/α-hetero) is 1. The summed E-state index contributed by atoms with van der Waals surface area (Å²) in [5, 5.41) is 2.79. The molecule has 10 nitrogen and oxygen atoms in total. The molecule has 2 amide bonds. The molecule has 7 N–H and O–H groups in total. The fraction of sp³-hybridized carbons (Fsp3) is 0.333. The molecule has 0 unspecified atom stereocenters. The highest BCUT2D eigenvalue weighted by Gasteiger charge is 2.26. The third-order valence-corrected chi connectivity index (χ3v) is 6.32. The average molecular weight is 547 g/mol. The zero-order valence-corrected chi connectivity index (χ0v) is 22.6. The van der Waals surface area contributed by atoms with E-state index in [0.29, 0.717) is 37.4 Å². The van der Waals surface area contributed by atoms with Crippen LogP contribution in [-0.2, 0) is 27.2 Å². The number of aromatic nitrogens is 1. The van der Waals surface area contributed by atoms with Crippen LogP contribution in [0.1, 0.15) is 24.0 Å². The predicted molar refractivity (Wildman–Crippen MR) is 153 cm³/mol. The van der Waals surface area contributed by atoms with Crippen molar-refractivity contribution in [2.24, 2.45) is 17.2 Å². The lowest BCUT2D eigenvalue weighted by Crippen LogP contribution is -2.51. The van der Waals surface area contributed by atoms with Gasteiger partial charge in [-0.1, -0.05) is 42.5 Å². The number of nitrogens with two attached hydrogens (primary N) is 3. The molecule has 0 aliphatic heterocycles. The SMILES string of the molecule is NCCN(CCN)C(=O)C[C@H](N)C(=O)N[C@@H](CCc1ccccc1)C(=O)Cc1ccc(Oc2cccnc2)cc1. The van der Waals surface area contributed by atoms with Crippen molar-refractivity contribution in [2.75, 3.05) is 26.2 Å². The summed E-state index contributed by atoms with van der Waals surface area (Å²) in [4.78, 5) is 44.5.